The zero-order valence-corrected chi connectivity index (χ0v) is 17.8. The summed E-state index contributed by atoms with van der Waals surface area (Å²) in [5.74, 6) is 0. The molecule has 3 rings (SSSR count). The Bertz CT molecular complexity index is 772. The quantitative estimate of drug-likeness (QED) is 0.303. The van der Waals surface area contributed by atoms with Gasteiger partial charge in [-0.1, -0.05) is 105 Å². The molecule has 1 aliphatic rings. The van der Waals surface area contributed by atoms with Crippen molar-refractivity contribution in [1.29, 1.82) is 0 Å². The third-order valence-corrected chi connectivity index (χ3v) is 6.22. The summed E-state index contributed by atoms with van der Waals surface area (Å²) < 4.78 is 0. The predicted octanol–water partition coefficient (Wildman–Crippen LogP) is 7.27. The topological polar surface area (TPSA) is 6.48 Å². The van der Waals surface area contributed by atoms with E-state index < -0.39 is 0 Å². The lowest BCUT2D eigenvalue weighted by Crippen LogP contribution is -2.27. The van der Waals surface area contributed by atoms with Crippen molar-refractivity contribution in [2.45, 2.75) is 58.4 Å². The van der Waals surface area contributed by atoms with Crippen LogP contribution in [0, 0.1) is 0 Å². The monoisotopic (exact) mass is 404 g/mol. The van der Waals surface area contributed by atoms with Gasteiger partial charge >= 0.3 is 0 Å². The first-order valence-corrected chi connectivity index (χ1v) is 11.0. The molecule has 2 aromatic rings. The second-order valence-corrected chi connectivity index (χ2v) is 8.20. The van der Waals surface area contributed by atoms with E-state index in [-0.39, 0.29) is 0 Å². The Kier molecular flexibility index (Phi) is 7.72. The van der Waals surface area contributed by atoms with Gasteiger partial charge in [-0.25, -0.2) is 0 Å². The fourth-order valence-electron chi connectivity index (χ4n) is 3.70. The molecule has 0 aliphatic carbocycles. The summed E-state index contributed by atoms with van der Waals surface area (Å²) in [5.41, 5.74) is 1.26. The number of nitrogens with zero attached hydrogens (tertiary/aromatic N) is 2. The summed E-state index contributed by atoms with van der Waals surface area (Å²) >= 11 is 13.0. The van der Waals surface area contributed by atoms with Gasteiger partial charge in [-0.15, -0.1) is 0 Å². The largest absolute Gasteiger partial charge is 0.342 e. The lowest BCUT2D eigenvalue weighted by Gasteiger charge is -2.22. The first-order valence-electron chi connectivity index (χ1n) is 10.2. The van der Waals surface area contributed by atoms with Crippen molar-refractivity contribution < 1.29 is 0 Å². The van der Waals surface area contributed by atoms with Gasteiger partial charge in [0.15, 0.2) is 0 Å². The maximum atomic E-state index is 6.52. The molecular formula is C23H30Cl2N2. The highest BCUT2D eigenvalue weighted by Crippen LogP contribution is 2.31. The van der Waals surface area contributed by atoms with Crippen molar-refractivity contribution in [2.75, 3.05) is 13.2 Å². The molecule has 0 N–H and O–H groups in total. The number of rotatable bonds is 10. The van der Waals surface area contributed by atoms with Crippen molar-refractivity contribution in [2.24, 2.45) is 0 Å². The number of hydrogen-bond acceptors (Lipinski definition) is 2. The third kappa shape index (κ3) is 5.56. The highest BCUT2D eigenvalue weighted by atomic mass is 35.5. The van der Waals surface area contributed by atoms with Crippen LogP contribution in [-0.2, 0) is 6.54 Å². The van der Waals surface area contributed by atoms with E-state index in [4.69, 9.17) is 23.2 Å². The molecule has 2 aromatic carbocycles. The van der Waals surface area contributed by atoms with Crippen LogP contribution in [0.15, 0.2) is 52.8 Å². The van der Waals surface area contributed by atoms with E-state index in [1.807, 2.05) is 0 Å². The second kappa shape index (κ2) is 10.2. The Labute approximate surface area is 173 Å². The normalized spacial score (nSPS) is 14.6. The second-order valence-electron chi connectivity index (χ2n) is 7.49. The molecule has 146 valence electrons. The van der Waals surface area contributed by atoms with Crippen molar-refractivity contribution in [1.82, 2.24) is 9.80 Å². The summed E-state index contributed by atoms with van der Waals surface area (Å²) in [7, 11) is 0. The van der Waals surface area contributed by atoms with Crippen molar-refractivity contribution >= 4 is 34.0 Å². The highest BCUT2D eigenvalue weighted by molar-refractivity contribution is 6.38. The van der Waals surface area contributed by atoms with Gasteiger partial charge in [0.25, 0.3) is 0 Å². The molecule has 0 spiro atoms. The van der Waals surface area contributed by atoms with E-state index in [0.29, 0.717) is 10.3 Å². The van der Waals surface area contributed by atoms with E-state index in [1.54, 1.807) is 0 Å². The molecule has 0 saturated heterocycles. The molecule has 1 aliphatic heterocycles. The van der Waals surface area contributed by atoms with Crippen LogP contribution in [0.3, 0.4) is 0 Å². The molecule has 0 bridgehead atoms. The van der Waals surface area contributed by atoms with Crippen LogP contribution < -0.4 is 0 Å². The Hall–Kier alpha value is -1.38. The van der Waals surface area contributed by atoms with Crippen LogP contribution in [0.2, 0.25) is 0 Å². The summed E-state index contributed by atoms with van der Waals surface area (Å²) in [4.78, 5) is 4.37. The molecule has 4 heteroatoms. The number of fused-ring (bicyclic) bond motifs is 1. The van der Waals surface area contributed by atoms with Crippen molar-refractivity contribution in [3.8, 4) is 0 Å². The first kappa shape index (κ1) is 20.4. The number of hydrogen-bond donors (Lipinski definition) is 0. The molecule has 27 heavy (non-hydrogen) atoms. The lowest BCUT2D eigenvalue weighted by molar-refractivity contribution is 0.249. The Morgan fingerprint density at radius 3 is 2.22 bits per heavy atom. The molecule has 0 unspecified atom stereocenters. The zero-order valence-electron chi connectivity index (χ0n) is 16.3. The van der Waals surface area contributed by atoms with Gasteiger partial charge in [0, 0.05) is 13.1 Å². The van der Waals surface area contributed by atoms with Crippen LogP contribution >= 0.6 is 23.2 Å². The van der Waals surface area contributed by atoms with E-state index in [9.17, 15) is 0 Å². The molecular weight excluding hydrogens is 375 g/mol. The van der Waals surface area contributed by atoms with Crippen LogP contribution in [0.4, 0.5) is 0 Å². The van der Waals surface area contributed by atoms with E-state index in [0.717, 1.165) is 19.8 Å². The lowest BCUT2D eigenvalue weighted by atomic mass is 10.1. The van der Waals surface area contributed by atoms with Gasteiger partial charge in [0.2, 0.25) is 0 Å². The molecule has 0 fully saturated rings. The molecule has 0 atom stereocenters. The summed E-state index contributed by atoms with van der Waals surface area (Å²) in [5, 5.41) is 3.90. The Morgan fingerprint density at radius 1 is 0.778 bits per heavy atom. The van der Waals surface area contributed by atoms with E-state index >= 15 is 0 Å². The highest BCUT2D eigenvalue weighted by Gasteiger charge is 2.26. The summed E-state index contributed by atoms with van der Waals surface area (Å²) in [6, 6.07) is 15.0. The van der Waals surface area contributed by atoms with Crippen LogP contribution in [0.5, 0.6) is 0 Å². The summed E-state index contributed by atoms with van der Waals surface area (Å²) in [6.45, 7) is 4.81. The number of benzene rings is 2. The van der Waals surface area contributed by atoms with Crippen molar-refractivity contribution in [3.63, 3.8) is 0 Å². The molecule has 0 aromatic heterocycles. The van der Waals surface area contributed by atoms with E-state index in [1.165, 1.54) is 61.3 Å². The zero-order chi connectivity index (χ0) is 19.1. The standard InChI is InChI=1S/C23H30Cl2N2/c1-2-3-4-5-6-7-10-15-26-18-27(23(25)22(26)24)17-19-13-14-20-11-8-9-12-21(20)16-19/h8-9,11-14,16H,2-7,10,15,17-18H2,1H3. The number of unbranched alkanes of at least 4 members (excludes halogenated alkanes) is 6. The smallest absolute Gasteiger partial charge is 0.142 e. The minimum Gasteiger partial charge on any atom is -0.342 e. The molecule has 1 heterocycles. The van der Waals surface area contributed by atoms with Crippen molar-refractivity contribution in [3.05, 3.63) is 58.3 Å². The minimum atomic E-state index is 0.674. The maximum absolute atomic E-state index is 6.52. The Balaban J connectivity index is 1.49. The van der Waals surface area contributed by atoms with Gasteiger partial charge in [0.1, 0.15) is 10.3 Å². The maximum Gasteiger partial charge on any atom is 0.142 e. The third-order valence-electron chi connectivity index (χ3n) is 5.29. The van der Waals surface area contributed by atoms with Crippen LogP contribution in [0.1, 0.15) is 57.4 Å². The average Bonchev–Trinajstić information content (AvgIpc) is 2.95. The first-order chi connectivity index (χ1) is 13.2. The van der Waals surface area contributed by atoms with Crippen LogP contribution in [-0.4, -0.2) is 23.0 Å². The van der Waals surface area contributed by atoms with Crippen LogP contribution in [0.25, 0.3) is 10.8 Å². The van der Waals surface area contributed by atoms with Gasteiger partial charge in [-0.2, -0.15) is 0 Å². The van der Waals surface area contributed by atoms with Gasteiger partial charge < -0.3 is 9.80 Å². The SMILES string of the molecule is CCCCCCCCCN1CN(Cc2ccc3ccccc3c2)C(Cl)=C1Cl. The minimum absolute atomic E-state index is 0.674. The molecule has 0 radical (unpaired) electrons. The number of halogens is 2. The fourth-order valence-corrected chi connectivity index (χ4v) is 4.19. The molecule has 0 saturated carbocycles. The van der Waals surface area contributed by atoms with Gasteiger partial charge in [-0.05, 0) is 28.8 Å². The predicted molar refractivity (Wildman–Crippen MR) is 118 cm³/mol. The average molecular weight is 405 g/mol. The summed E-state index contributed by atoms with van der Waals surface area (Å²) in [6.07, 6.45) is 9.16. The van der Waals surface area contributed by atoms with E-state index in [2.05, 4.69) is 59.2 Å². The fraction of sp³-hybridized carbons (Fsp3) is 0.478. The van der Waals surface area contributed by atoms with Gasteiger partial charge in [0.05, 0.1) is 6.67 Å². The van der Waals surface area contributed by atoms with Gasteiger partial charge in [-0.3, -0.25) is 0 Å². The molecule has 2 nitrogen and oxygen atoms in total. The molecule has 0 amide bonds. The Morgan fingerprint density at radius 2 is 1.44 bits per heavy atom.